The number of carbonyl (C=O) groups excluding carboxylic acids is 3. The van der Waals surface area contributed by atoms with Crippen LogP contribution in [0.3, 0.4) is 0 Å². The van der Waals surface area contributed by atoms with E-state index in [1.54, 1.807) is 25.5 Å². The number of methoxy groups -OCH3 is 1. The average molecular weight is 408 g/mol. The van der Waals surface area contributed by atoms with Crippen LogP contribution in [0.5, 0.6) is 0 Å². The molecule has 0 atom stereocenters. The highest BCUT2D eigenvalue weighted by atomic mass is 16.5. The lowest BCUT2D eigenvalue weighted by Gasteiger charge is -2.30. The fraction of sp³-hybridized carbons (Fsp3) is 0.650. The molecule has 0 aliphatic carbocycles. The molecule has 0 saturated carbocycles. The molecule has 1 aromatic rings. The largest absolute Gasteiger partial charge is 0.464 e. The second-order valence-corrected chi connectivity index (χ2v) is 7.12. The van der Waals surface area contributed by atoms with E-state index in [1.165, 1.54) is 12.0 Å². The zero-order valence-electron chi connectivity index (χ0n) is 18.0. The molecule has 0 radical (unpaired) electrons. The number of hydrogen-bond donors (Lipinski definition) is 1. The molecule has 0 bridgehead atoms. The van der Waals surface area contributed by atoms with E-state index in [2.05, 4.69) is 10.2 Å². The topological polar surface area (TPSA) is 93.1 Å². The highest BCUT2D eigenvalue weighted by Gasteiger charge is 2.27. The summed E-state index contributed by atoms with van der Waals surface area (Å²) < 4.78 is 11.9. The number of Topliss-reactive ketones (excluding diaryl/α,β-unsaturated/α-hetero) is 1. The van der Waals surface area contributed by atoms with Gasteiger partial charge in [0.1, 0.15) is 5.69 Å². The molecule has 2 rings (SSSR count). The number of carbonyl (C=O) groups is 3. The third-order valence-corrected chi connectivity index (χ3v) is 5.33. The van der Waals surface area contributed by atoms with Gasteiger partial charge >= 0.3 is 12.0 Å². The molecule has 1 aliphatic rings. The van der Waals surface area contributed by atoms with Crippen molar-refractivity contribution in [1.29, 1.82) is 0 Å². The first kappa shape index (κ1) is 22.9. The lowest BCUT2D eigenvalue weighted by Crippen LogP contribution is -2.47. The van der Waals surface area contributed by atoms with Crippen LogP contribution in [0.15, 0.2) is 0 Å². The fourth-order valence-electron chi connectivity index (χ4n) is 3.63. The Hall–Kier alpha value is -2.39. The molecule has 1 aromatic heterocycles. The van der Waals surface area contributed by atoms with Gasteiger partial charge in [-0.05, 0) is 26.3 Å². The van der Waals surface area contributed by atoms with E-state index >= 15 is 0 Å². The summed E-state index contributed by atoms with van der Waals surface area (Å²) in [5.41, 5.74) is 2.07. The van der Waals surface area contributed by atoms with Gasteiger partial charge in [-0.15, -0.1) is 0 Å². The minimum atomic E-state index is -0.486. The maximum Gasteiger partial charge on any atom is 0.354 e. The Bertz CT molecular complexity index is 753. The first-order valence-electron chi connectivity index (χ1n) is 9.92. The molecule has 1 aliphatic heterocycles. The van der Waals surface area contributed by atoms with E-state index in [4.69, 9.17) is 9.47 Å². The highest BCUT2D eigenvalue weighted by Crippen LogP contribution is 2.22. The van der Waals surface area contributed by atoms with Crippen molar-refractivity contribution in [3.63, 3.8) is 0 Å². The van der Waals surface area contributed by atoms with Crippen LogP contribution >= 0.6 is 0 Å². The average Bonchev–Trinajstić information content (AvgIpc) is 2.94. The Labute approximate surface area is 171 Å². The van der Waals surface area contributed by atoms with E-state index in [9.17, 15) is 14.4 Å². The summed E-state index contributed by atoms with van der Waals surface area (Å²) in [5.74, 6) is -0.681. The molecule has 1 fully saturated rings. The maximum absolute atomic E-state index is 13.1. The van der Waals surface area contributed by atoms with Crippen molar-refractivity contribution in [1.82, 2.24) is 19.7 Å². The Kier molecular flexibility index (Phi) is 8.21. The molecular formula is C20H32N4O5. The van der Waals surface area contributed by atoms with Crippen molar-refractivity contribution in [3.8, 4) is 0 Å². The van der Waals surface area contributed by atoms with Crippen LogP contribution in [0, 0.1) is 13.8 Å². The van der Waals surface area contributed by atoms with Gasteiger partial charge in [0.05, 0.1) is 26.9 Å². The molecule has 2 heterocycles. The van der Waals surface area contributed by atoms with E-state index in [-0.39, 0.29) is 18.4 Å². The quantitative estimate of drug-likeness (QED) is 0.509. The van der Waals surface area contributed by atoms with Gasteiger partial charge in [0, 0.05) is 51.0 Å². The van der Waals surface area contributed by atoms with Gasteiger partial charge in [-0.1, -0.05) is 0 Å². The third-order valence-electron chi connectivity index (χ3n) is 5.33. The van der Waals surface area contributed by atoms with Crippen molar-refractivity contribution < 1.29 is 23.9 Å². The number of ether oxygens (including phenoxy) is 2. The number of nitrogens with zero attached hydrogens (tertiary/aromatic N) is 3. The minimum Gasteiger partial charge on any atom is -0.464 e. The van der Waals surface area contributed by atoms with Gasteiger partial charge in [0.15, 0.2) is 5.78 Å². The lowest BCUT2D eigenvalue weighted by molar-refractivity contribution is 0.0348. The number of rotatable bonds is 8. The summed E-state index contributed by atoms with van der Waals surface area (Å²) in [6.45, 7) is 9.89. The van der Waals surface area contributed by atoms with Gasteiger partial charge in [-0.25, -0.2) is 9.59 Å². The van der Waals surface area contributed by atoms with Crippen molar-refractivity contribution in [2.24, 2.45) is 7.05 Å². The molecule has 1 saturated heterocycles. The minimum absolute atomic E-state index is 0.0531. The number of morpholine rings is 1. The second kappa shape index (κ2) is 10.4. The highest BCUT2D eigenvalue weighted by molar-refractivity contribution is 6.04. The Morgan fingerprint density at radius 1 is 1.21 bits per heavy atom. The number of esters is 1. The molecule has 0 spiro atoms. The van der Waals surface area contributed by atoms with Crippen LogP contribution < -0.4 is 5.32 Å². The monoisotopic (exact) mass is 408 g/mol. The van der Waals surface area contributed by atoms with Crippen molar-refractivity contribution >= 4 is 17.8 Å². The van der Waals surface area contributed by atoms with Crippen LogP contribution in [-0.4, -0.2) is 91.7 Å². The molecule has 162 valence electrons. The Morgan fingerprint density at radius 3 is 2.45 bits per heavy atom. The van der Waals surface area contributed by atoms with Gasteiger partial charge < -0.3 is 24.3 Å². The van der Waals surface area contributed by atoms with E-state index in [0.717, 1.165) is 13.1 Å². The normalized spacial score (nSPS) is 14.5. The summed E-state index contributed by atoms with van der Waals surface area (Å²) in [7, 11) is 3.04. The molecule has 0 unspecified atom stereocenters. The van der Waals surface area contributed by atoms with Crippen molar-refractivity contribution in [3.05, 3.63) is 22.5 Å². The van der Waals surface area contributed by atoms with Crippen molar-refractivity contribution in [2.45, 2.75) is 20.8 Å². The van der Waals surface area contributed by atoms with Crippen LogP contribution in [0.4, 0.5) is 4.79 Å². The van der Waals surface area contributed by atoms with Crippen molar-refractivity contribution in [2.75, 3.05) is 59.6 Å². The van der Waals surface area contributed by atoms with Gasteiger partial charge in [-0.2, -0.15) is 0 Å². The SMILES string of the molecule is CCNC(=O)N(CCN1CCOCC1)CC(=O)c1c(C)c(C(=O)OC)n(C)c1C. The summed E-state index contributed by atoms with van der Waals surface area (Å²) in [5, 5.41) is 2.78. The van der Waals surface area contributed by atoms with E-state index < -0.39 is 5.97 Å². The molecule has 0 aromatic carbocycles. The van der Waals surface area contributed by atoms with Crippen LogP contribution in [0.25, 0.3) is 0 Å². The van der Waals surface area contributed by atoms with E-state index in [0.29, 0.717) is 55.4 Å². The number of hydrogen-bond acceptors (Lipinski definition) is 6. The summed E-state index contributed by atoms with van der Waals surface area (Å²) in [6.07, 6.45) is 0. The second-order valence-electron chi connectivity index (χ2n) is 7.12. The molecule has 9 heteroatoms. The van der Waals surface area contributed by atoms with Crippen LogP contribution in [-0.2, 0) is 16.5 Å². The lowest BCUT2D eigenvalue weighted by atomic mass is 10.1. The first-order chi connectivity index (χ1) is 13.8. The number of nitrogens with one attached hydrogen (secondary N) is 1. The van der Waals surface area contributed by atoms with Gasteiger partial charge in [0.2, 0.25) is 0 Å². The molecule has 29 heavy (non-hydrogen) atoms. The Morgan fingerprint density at radius 2 is 1.86 bits per heavy atom. The van der Waals surface area contributed by atoms with Crippen LogP contribution in [0.2, 0.25) is 0 Å². The predicted molar refractivity (Wildman–Crippen MR) is 108 cm³/mol. The molecule has 1 N–H and O–H groups in total. The summed E-state index contributed by atoms with van der Waals surface area (Å²) in [6, 6.07) is -0.270. The smallest absolute Gasteiger partial charge is 0.354 e. The van der Waals surface area contributed by atoms with Gasteiger partial charge in [-0.3, -0.25) is 9.69 Å². The predicted octanol–water partition coefficient (Wildman–Crippen LogP) is 0.975. The molecular weight excluding hydrogens is 376 g/mol. The summed E-state index contributed by atoms with van der Waals surface area (Å²) >= 11 is 0. The zero-order chi connectivity index (χ0) is 21.6. The molecule has 9 nitrogen and oxygen atoms in total. The number of urea groups is 1. The maximum atomic E-state index is 13.1. The molecule has 2 amide bonds. The Balaban J connectivity index is 2.18. The van der Waals surface area contributed by atoms with E-state index in [1.807, 2.05) is 6.92 Å². The number of amides is 2. The summed E-state index contributed by atoms with van der Waals surface area (Å²) in [4.78, 5) is 41.5. The zero-order valence-corrected chi connectivity index (χ0v) is 18.0. The first-order valence-corrected chi connectivity index (χ1v) is 9.92. The standard InChI is InChI=1S/C20H32N4O5/c1-6-21-20(27)24(8-7-23-9-11-29-12-10-23)13-16(25)17-14(2)18(19(26)28-5)22(4)15(17)3/h6-13H2,1-5H3,(H,21,27). The fourth-order valence-corrected chi connectivity index (χ4v) is 3.63. The number of aromatic nitrogens is 1. The third kappa shape index (κ3) is 5.36. The van der Waals surface area contributed by atoms with Gasteiger partial charge in [0.25, 0.3) is 0 Å². The van der Waals surface area contributed by atoms with Crippen LogP contribution in [0.1, 0.15) is 39.0 Å². The number of ketones is 1.